The number of aromatic nitrogens is 2. The van der Waals surface area contributed by atoms with Crippen LogP contribution in [0.15, 0.2) is 30.3 Å². The van der Waals surface area contributed by atoms with Gasteiger partial charge in [0.25, 0.3) is 0 Å². The highest BCUT2D eigenvalue weighted by atomic mass is 35.5. The zero-order chi connectivity index (χ0) is 17.6. The first kappa shape index (κ1) is 18.5. The predicted octanol–water partition coefficient (Wildman–Crippen LogP) is 4.61. The third kappa shape index (κ3) is 5.08. The molecule has 25 heavy (non-hydrogen) atoms. The van der Waals surface area contributed by atoms with Gasteiger partial charge in [-0.15, -0.1) is 0 Å². The van der Waals surface area contributed by atoms with Crippen molar-refractivity contribution in [3.05, 3.63) is 51.8 Å². The molecule has 2 heterocycles. The molecule has 1 aliphatic rings. The standard InChI is InChI=1S/C19H23Cl2N3O/c1-15-13-16(5-3-2-4-8-23-9-11-25-12-10-23)22-24(15)17-6-7-18(20)19(21)14-17/h3,5-7,13-14H,2,4,8-12H2,1H3. The quantitative estimate of drug-likeness (QED) is 0.686. The van der Waals surface area contributed by atoms with Crippen LogP contribution in [0.3, 0.4) is 0 Å². The molecule has 0 radical (unpaired) electrons. The van der Waals surface area contributed by atoms with Crippen molar-refractivity contribution in [3.63, 3.8) is 0 Å². The van der Waals surface area contributed by atoms with Crippen LogP contribution in [0.1, 0.15) is 24.2 Å². The number of rotatable bonds is 6. The first-order valence-electron chi connectivity index (χ1n) is 8.62. The minimum atomic E-state index is 0.536. The largest absolute Gasteiger partial charge is 0.379 e. The molecule has 1 saturated heterocycles. The number of aryl methyl sites for hydroxylation is 1. The average molecular weight is 380 g/mol. The van der Waals surface area contributed by atoms with Gasteiger partial charge in [-0.1, -0.05) is 29.3 Å². The fraction of sp³-hybridized carbons (Fsp3) is 0.421. The van der Waals surface area contributed by atoms with E-state index in [0.29, 0.717) is 10.0 Å². The summed E-state index contributed by atoms with van der Waals surface area (Å²) >= 11 is 12.1. The molecular weight excluding hydrogens is 357 g/mol. The molecule has 0 bridgehead atoms. The fourth-order valence-corrected chi connectivity index (χ4v) is 3.21. The summed E-state index contributed by atoms with van der Waals surface area (Å²) in [6.07, 6.45) is 6.49. The highest BCUT2D eigenvalue weighted by molar-refractivity contribution is 6.42. The molecule has 2 aromatic rings. The Morgan fingerprint density at radius 1 is 1.16 bits per heavy atom. The maximum Gasteiger partial charge on any atom is 0.0854 e. The van der Waals surface area contributed by atoms with Gasteiger partial charge in [-0.05, 0) is 56.7 Å². The number of unbranched alkanes of at least 4 members (excludes halogenated alkanes) is 1. The Morgan fingerprint density at radius 2 is 1.96 bits per heavy atom. The van der Waals surface area contributed by atoms with Crippen LogP contribution in [0.25, 0.3) is 11.8 Å². The monoisotopic (exact) mass is 379 g/mol. The van der Waals surface area contributed by atoms with Crippen molar-refractivity contribution in [2.75, 3.05) is 32.8 Å². The van der Waals surface area contributed by atoms with E-state index in [1.165, 1.54) is 0 Å². The lowest BCUT2D eigenvalue weighted by Gasteiger charge is -2.26. The van der Waals surface area contributed by atoms with Gasteiger partial charge in [-0.2, -0.15) is 5.10 Å². The first-order chi connectivity index (χ1) is 12.1. The van der Waals surface area contributed by atoms with Gasteiger partial charge in [0, 0.05) is 18.8 Å². The number of hydrogen-bond donors (Lipinski definition) is 0. The topological polar surface area (TPSA) is 30.3 Å². The Bertz CT molecular complexity index is 736. The maximum atomic E-state index is 6.11. The lowest BCUT2D eigenvalue weighted by atomic mass is 10.2. The van der Waals surface area contributed by atoms with Crippen molar-refractivity contribution >= 4 is 29.3 Å². The second kappa shape index (κ2) is 8.86. The summed E-state index contributed by atoms with van der Waals surface area (Å²) in [7, 11) is 0. The predicted molar refractivity (Wildman–Crippen MR) is 104 cm³/mol. The second-order valence-corrected chi connectivity index (χ2v) is 7.03. The molecule has 0 spiro atoms. The van der Waals surface area contributed by atoms with Crippen LogP contribution in [0.2, 0.25) is 10.0 Å². The van der Waals surface area contributed by atoms with Crippen LogP contribution in [-0.2, 0) is 4.74 Å². The van der Waals surface area contributed by atoms with Gasteiger partial charge in [0.2, 0.25) is 0 Å². The van der Waals surface area contributed by atoms with Crippen LogP contribution < -0.4 is 0 Å². The summed E-state index contributed by atoms with van der Waals surface area (Å²) in [6, 6.07) is 7.62. The van der Waals surface area contributed by atoms with Gasteiger partial charge in [-0.3, -0.25) is 4.90 Å². The lowest BCUT2D eigenvalue weighted by Crippen LogP contribution is -2.36. The third-order valence-corrected chi connectivity index (χ3v) is 5.03. The van der Waals surface area contributed by atoms with Crippen molar-refractivity contribution < 1.29 is 4.74 Å². The Balaban J connectivity index is 1.55. The van der Waals surface area contributed by atoms with E-state index in [9.17, 15) is 0 Å². The van der Waals surface area contributed by atoms with Gasteiger partial charge in [0.15, 0.2) is 0 Å². The Hall–Kier alpha value is -1.33. The van der Waals surface area contributed by atoms with Gasteiger partial charge in [-0.25, -0.2) is 4.68 Å². The molecule has 6 heteroatoms. The molecule has 0 unspecified atom stereocenters. The fourth-order valence-electron chi connectivity index (χ4n) is 2.92. The van der Waals surface area contributed by atoms with E-state index in [-0.39, 0.29) is 0 Å². The Kier molecular flexibility index (Phi) is 6.54. The van der Waals surface area contributed by atoms with Gasteiger partial charge in [0.05, 0.1) is 34.6 Å². The minimum Gasteiger partial charge on any atom is -0.379 e. The molecule has 1 aliphatic heterocycles. The van der Waals surface area contributed by atoms with Crippen molar-refractivity contribution in [3.8, 4) is 5.69 Å². The number of nitrogens with zero attached hydrogens (tertiary/aromatic N) is 3. The van der Waals surface area contributed by atoms with E-state index in [1.807, 2.05) is 23.7 Å². The number of morpholine rings is 1. The molecule has 1 aromatic heterocycles. The van der Waals surface area contributed by atoms with E-state index in [4.69, 9.17) is 27.9 Å². The first-order valence-corrected chi connectivity index (χ1v) is 9.38. The highest BCUT2D eigenvalue weighted by Gasteiger charge is 2.09. The van der Waals surface area contributed by atoms with Crippen molar-refractivity contribution in [1.82, 2.24) is 14.7 Å². The van der Waals surface area contributed by atoms with Crippen LogP contribution in [0.4, 0.5) is 0 Å². The number of ether oxygens (including phenoxy) is 1. The smallest absolute Gasteiger partial charge is 0.0854 e. The average Bonchev–Trinajstić information content (AvgIpc) is 2.99. The molecule has 1 fully saturated rings. The van der Waals surface area contributed by atoms with Crippen LogP contribution >= 0.6 is 23.2 Å². The van der Waals surface area contributed by atoms with Crippen LogP contribution in [0, 0.1) is 6.92 Å². The summed E-state index contributed by atoms with van der Waals surface area (Å²) in [5.74, 6) is 0. The van der Waals surface area contributed by atoms with E-state index in [0.717, 1.165) is 62.8 Å². The molecule has 3 rings (SSSR count). The normalized spacial score (nSPS) is 16.0. The second-order valence-electron chi connectivity index (χ2n) is 6.22. The summed E-state index contributed by atoms with van der Waals surface area (Å²) in [6.45, 7) is 6.99. The van der Waals surface area contributed by atoms with Crippen LogP contribution in [-0.4, -0.2) is 47.5 Å². The summed E-state index contributed by atoms with van der Waals surface area (Å²) in [5.41, 5.74) is 2.93. The summed E-state index contributed by atoms with van der Waals surface area (Å²) < 4.78 is 7.25. The summed E-state index contributed by atoms with van der Waals surface area (Å²) in [5, 5.41) is 5.73. The molecule has 0 amide bonds. The number of halogens is 2. The highest BCUT2D eigenvalue weighted by Crippen LogP contribution is 2.25. The molecule has 0 saturated carbocycles. The summed E-state index contributed by atoms with van der Waals surface area (Å²) in [4.78, 5) is 2.46. The number of benzene rings is 1. The molecule has 0 aliphatic carbocycles. The zero-order valence-corrected chi connectivity index (χ0v) is 15.9. The SMILES string of the molecule is Cc1cc(C=CCCCN2CCOCC2)nn1-c1ccc(Cl)c(Cl)c1. The minimum absolute atomic E-state index is 0.536. The number of allylic oxidation sites excluding steroid dienone is 1. The Morgan fingerprint density at radius 3 is 2.72 bits per heavy atom. The molecule has 1 aromatic carbocycles. The molecule has 0 N–H and O–H groups in total. The third-order valence-electron chi connectivity index (χ3n) is 4.29. The number of hydrogen-bond acceptors (Lipinski definition) is 3. The molecule has 134 valence electrons. The van der Waals surface area contributed by atoms with Crippen molar-refractivity contribution in [2.45, 2.75) is 19.8 Å². The van der Waals surface area contributed by atoms with Gasteiger partial charge < -0.3 is 4.74 Å². The maximum absolute atomic E-state index is 6.11. The Labute approximate surface area is 159 Å². The van der Waals surface area contributed by atoms with E-state index in [2.05, 4.69) is 28.2 Å². The lowest BCUT2D eigenvalue weighted by molar-refractivity contribution is 0.0375. The molecular formula is C19H23Cl2N3O. The van der Waals surface area contributed by atoms with E-state index >= 15 is 0 Å². The van der Waals surface area contributed by atoms with Crippen LogP contribution in [0.5, 0.6) is 0 Å². The van der Waals surface area contributed by atoms with Gasteiger partial charge >= 0.3 is 0 Å². The zero-order valence-electron chi connectivity index (χ0n) is 14.4. The van der Waals surface area contributed by atoms with Gasteiger partial charge in [0.1, 0.15) is 0 Å². The van der Waals surface area contributed by atoms with Crippen molar-refractivity contribution in [2.24, 2.45) is 0 Å². The van der Waals surface area contributed by atoms with Crippen molar-refractivity contribution in [1.29, 1.82) is 0 Å². The van der Waals surface area contributed by atoms with E-state index in [1.54, 1.807) is 6.07 Å². The molecule has 0 atom stereocenters. The molecule has 4 nitrogen and oxygen atoms in total. The van der Waals surface area contributed by atoms with E-state index < -0.39 is 0 Å².